The van der Waals surface area contributed by atoms with Gasteiger partial charge in [-0.3, -0.25) is 0 Å². The zero-order chi connectivity index (χ0) is 13.0. The second kappa shape index (κ2) is 5.65. The van der Waals surface area contributed by atoms with Crippen LogP contribution >= 0.6 is 11.6 Å². The Morgan fingerprint density at radius 3 is 2.56 bits per heavy atom. The molecular formula is C14H10ClFO2. The monoisotopic (exact) mass is 264 g/mol. The van der Waals surface area contributed by atoms with Crippen molar-refractivity contribution in [3.63, 3.8) is 0 Å². The van der Waals surface area contributed by atoms with E-state index in [1.807, 2.05) is 0 Å². The van der Waals surface area contributed by atoms with Crippen molar-refractivity contribution in [2.45, 2.75) is 6.61 Å². The van der Waals surface area contributed by atoms with E-state index in [1.165, 1.54) is 18.2 Å². The first-order chi connectivity index (χ1) is 8.65. The fourth-order valence-electron chi connectivity index (χ4n) is 1.43. The van der Waals surface area contributed by atoms with Crippen LogP contribution in [0.15, 0.2) is 48.5 Å². The van der Waals surface area contributed by atoms with E-state index in [-0.39, 0.29) is 12.4 Å². The van der Waals surface area contributed by atoms with Crippen LogP contribution in [0.2, 0.25) is 5.02 Å². The first-order valence-electron chi connectivity index (χ1n) is 5.32. The number of benzene rings is 2. The van der Waals surface area contributed by atoms with Gasteiger partial charge in [-0.2, -0.15) is 0 Å². The Balaban J connectivity index is 1.98. The minimum atomic E-state index is -0.457. The van der Waals surface area contributed by atoms with E-state index in [4.69, 9.17) is 16.3 Å². The van der Waals surface area contributed by atoms with Gasteiger partial charge in [0, 0.05) is 5.02 Å². The highest BCUT2D eigenvalue weighted by Crippen LogP contribution is 2.12. The van der Waals surface area contributed by atoms with Crippen LogP contribution in [0.25, 0.3) is 0 Å². The number of hydrogen-bond acceptors (Lipinski definition) is 2. The molecule has 0 aliphatic rings. The van der Waals surface area contributed by atoms with Crippen molar-refractivity contribution in [1.29, 1.82) is 0 Å². The number of esters is 1. The molecule has 0 fully saturated rings. The fraction of sp³-hybridized carbons (Fsp3) is 0.0714. The average molecular weight is 265 g/mol. The molecule has 0 aliphatic carbocycles. The maximum Gasteiger partial charge on any atom is 0.338 e. The zero-order valence-corrected chi connectivity index (χ0v) is 10.2. The van der Waals surface area contributed by atoms with E-state index in [1.54, 1.807) is 30.3 Å². The van der Waals surface area contributed by atoms with Crippen molar-refractivity contribution in [3.05, 3.63) is 70.5 Å². The molecule has 0 aliphatic heterocycles. The third-order valence-electron chi connectivity index (χ3n) is 2.34. The summed E-state index contributed by atoms with van der Waals surface area (Å²) in [5.41, 5.74) is 1.12. The molecule has 18 heavy (non-hydrogen) atoms. The van der Waals surface area contributed by atoms with E-state index in [0.717, 1.165) is 5.56 Å². The van der Waals surface area contributed by atoms with Gasteiger partial charge in [-0.1, -0.05) is 29.8 Å². The highest BCUT2D eigenvalue weighted by Gasteiger charge is 2.07. The molecule has 0 spiro atoms. The maximum atomic E-state index is 12.7. The van der Waals surface area contributed by atoms with E-state index in [2.05, 4.69) is 0 Å². The van der Waals surface area contributed by atoms with Crippen LogP contribution in [0.4, 0.5) is 4.39 Å². The lowest BCUT2D eigenvalue weighted by Crippen LogP contribution is -2.05. The molecule has 0 bridgehead atoms. The van der Waals surface area contributed by atoms with Crippen LogP contribution in [0.5, 0.6) is 0 Å². The van der Waals surface area contributed by atoms with Gasteiger partial charge in [-0.05, 0) is 35.9 Å². The Kier molecular flexibility index (Phi) is 3.95. The highest BCUT2D eigenvalue weighted by atomic mass is 35.5. The molecule has 0 radical (unpaired) electrons. The summed E-state index contributed by atoms with van der Waals surface area (Å²) in [4.78, 5) is 11.7. The number of carbonyl (C=O) groups is 1. The molecule has 0 saturated carbocycles. The third kappa shape index (κ3) is 3.31. The Labute approximate surface area is 109 Å². The second-order valence-corrected chi connectivity index (χ2v) is 4.15. The first-order valence-corrected chi connectivity index (χ1v) is 5.70. The minimum absolute atomic E-state index is 0.103. The topological polar surface area (TPSA) is 26.3 Å². The molecule has 0 atom stereocenters. The quantitative estimate of drug-likeness (QED) is 0.788. The molecule has 2 aromatic rings. The summed E-state index contributed by atoms with van der Waals surface area (Å²) in [5, 5.41) is 0.478. The predicted octanol–water partition coefficient (Wildman–Crippen LogP) is 3.84. The van der Waals surface area contributed by atoms with Gasteiger partial charge in [0.15, 0.2) is 0 Å². The van der Waals surface area contributed by atoms with Crippen LogP contribution in [-0.2, 0) is 11.3 Å². The lowest BCUT2D eigenvalue weighted by atomic mass is 10.2. The van der Waals surface area contributed by atoms with E-state index in [0.29, 0.717) is 10.6 Å². The number of halogens is 2. The summed E-state index contributed by atoms with van der Waals surface area (Å²) >= 11 is 5.77. The largest absolute Gasteiger partial charge is 0.457 e. The predicted molar refractivity (Wildman–Crippen MR) is 67.0 cm³/mol. The Bertz CT molecular complexity index is 552. The summed E-state index contributed by atoms with van der Waals surface area (Å²) in [6, 6.07) is 12.3. The molecule has 4 heteroatoms. The van der Waals surface area contributed by atoms with Crippen LogP contribution < -0.4 is 0 Å². The van der Waals surface area contributed by atoms with Gasteiger partial charge in [-0.15, -0.1) is 0 Å². The van der Waals surface area contributed by atoms with Crippen molar-refractivity contribution in [2.24, 2.45) is 0 Å². The summed E-state index contributed by atoms with van der Waals surface area (Å²) in [6.07, 6.45) is 0. The molecule has 0 aromatic heterocycles. The molecule has 0 saturated heterocycles. The summed E-state index contributed by atoms with van der Waals surface area (Å²) in [5.74, 6) is -0.776. The lowest BCUT2D eigenvalue weighted by molar-refractivity contribution is 0.0472. The van der Waals surface area contributed by atoms with Gasteiger partial charge in [0.05, 0.1) is 5.56 Å². The molecule has 0 heterocycles. The number of ether oxygens (including phenoxy) is 1. The van der Waals surface area contributed by atoms with Crippen LogP contribution in [0.3, 0.4) is 0 Å². The van der Waals surface area contributed by atoms with Crippen LogP contribution in [-0.4, -0.2) is 5.97 Å². The van der Waals surface area contributed by atoms with Crippen LogP contribution in [0.1, 0.15) is 15.9 Å². The van der Waals surface area contributed by atoms with E-state index < -0.39 is 5.97 Å². The molecule has 2 rings (SSSR count). The number of rotatable bonds is 3. The van der Waals surface area contributed by atoms with Gasteiger partial charge in [0.1, 0.15) is 12.4 Å². The third-order valence-corrected chi connectivity index (χ3v) is 2.58. The van der Waals surface area contributed by atoms with Gasteiger partial charge in [0.25, 0.3) is 0 Å². The number of carbonyl (C=O) groups excluding carboxylic acids is 1. The van der Waals surface area contributed by atoms with Crippen molar-refractivity contribution < 1.29 is 13.9 Å². The normalized spacial score (nSPS) is 10.1. The van der Waals surface area contributed by atoms with E-state index in [9.17, 15) is 9.18 Å². The Morgan fingerprint density at radius 2 is 1.89 bits per heavy atom. The SMILES string of the molecule is O=C(OCc1ccc(F)cc1)c1cccc(Cl)c1. The minimum Gasteiger partial charge on any atom is -0.457 e. The molecule has 2 nitrogen and oxygen atoms in total. The standard InChI is InChI=1S/C14H10ClFO2/c15-12-3-1-2-11(8-12)14(17)18-9-10-4-6-13(16)7-5-10/h1-8H,9H2. The van der Waals surface area contributed by atoms with Crippen molar-refractivity contribution in [1.82, 2.24) is 0 Å². The first kappa shape index (κ1) is 12.6. The van der Waals surface area contributed by atoms with Gasteiger partial charge >= 0.3 is 5.97 Å². The molecule has 2 aromatic carbocycles. The number of hydrogen-bond donors (Lipinski definition) is 0. The Morgan fingerprint density at radius 1 is 1.17 bits per heavy atom. The van der Waals surface area contributed by atoms with Crippen LogP contribution in [0, 0.1) is 5.82 Å². The highest BCUT2D eigenvalue weighted by molar-refractivity contribution is 6.30. The molecular weight excluding hydrogens is 255 g/mol. The fourth-order valence-corrected chi connectivity index (χ4v) is 1.62. The summed E-state index contributed by atoms with van der Waals surface area (Å²) in [7, 11) is 0. The smallest absolute Gasteiger partial charge is 0.338 e. The maximum absolute atomic E-state index is 12.7. The van der Waals surface area contributed by atoms with Gasteiger partial charge < -0.3 is 4.74 Å². The summed E-state index contributed by atoms with van der Waals surface area (Å²) < 4.78 is 17.8. The van der Waals surface area contributed by atoms with Gasteiger partial charge in [0.2, 0.25) is 0 Å². The van der Waals surface area contributed by atoms with Crippen molar-refractivity contribution in [3.8, 4) is 0 Å². The average Bonchev–Trinajstić information content (AvgIpc) is 2.38. The second-order valence-electron chi connectivity index (χ2n) is 3.71. The molecule has 92 valence electrons. The molecule has 0 N–H and O–H groups in total. The molecule has 0 unspecified atom stereocenters. The van der Waals surface area contributed by atoms with Gasteiger partial charge in [-0.25, -0.2) is 9.18 Å². The molecule has 0 amide bonds. The Hall–Kier alpha value is -1.87. The van der Waals surface area contributed by atoms with Crippen molar-refractivity contribution >= 4 is 17.6 Å². The van der Waals surface area contributed by atoms with Crippen molar-refractivity contribution in [2.75, 3.05) is 0 Å². The zero-order valence-electron chi connectivity index (χ0n) is 9.40. The lowest BCUT2D eigenvalue weighted by Gasteiger charge is -2.05. The van der Waals surface area contributed by atoms with E-state index >= 15 is 0 Å². The summed E-state index contributed by atoms with van der Waals surface area (Å²) in [6.45, 7) is 0.103.